The van der Waals surface area contributed by atoms with Crippen LogP contribution >= 0.6 is 0 Å². The summed E-state index contributed by atoms with van der Waals surface area (Å²) in [6.45, 7) is 10.8. The number of benzene rings is 1. The van der Waals surface area contributed by atoms with Crippen molar-refractivity contribution in [2.75, 3.05) is 0 Å². The van der Waals surface area contributed by atoms with Crippen LogP contribution in [-0.2, 0) is 7.05 Å². The summed E-state index contributed by atoms with van der Waals surface area (Å²) >= 11 is 0. The molecule has 3 heteroatoms. The third kappa shape index (κ3) is 2.50. The molecule has 0 aliphatic heterocycles. The summed E-state index contributed by atoms with van der Waals surface area (Å²) in [6, 6.07) is 10.9. The number of rotatable bonds is 2. The summed E-state index contributed by atoms with van der Waals surface area (Å²) in [5.41, 5.74) is 8.75. The first-order chi connectivity index (χ1) is 12.4. The van der Waals surface area contributed by atoms with E-state index in [-0.39, 0.29) is 0 Å². The van der Waals surface area contributed by atoms with Crippen LogP contribution in [0.5, 0.6) is 0 Å². The Labute approximate surface area is 154 Å². The summed E-state index contributed by atoms with van der Waals surface area (Å²) in [4.78, 5) is 4.61. The predicted octanol–water partition coefficient (Wildman–Crippen LogP) is 5.52. The average Bonchev–Trinajstić information content (AvgIpc) is 2.94. The van der Waals surface area contributed by atoms with Crippen LogP contribution in [0.15, 0.2) is 40.9 Å². The van der Waals surface area contributed by atoms with Crippen molar-refractivity contribution < 1.29 is 8.98 Å². The Kier molecular flexibility index (Phi) is 3.83. The van der Waals surface area contributed by atoms with E-state index in [0.29, 0.717) is 5.92 Å². The van der Waals surface area contributed by atoms with E-state index in [9.17, 15) is 0 Å². The molecule has 0 fully saturated rings. The van der Waals surface area contributed by atoms with Crippen LogP contribution in [0.3, 0.4) is 0 Å². The van der Waals surface area contributed by atoms with Gasteiger partial charge < -0.3 is 4.42 Å². The van der Waals surface area contributed by atoms with Gasteiger partial charge in [0.05, 0.1) is 5.56 Å². The molecule has 0 aliphatic carbocycles. The summed E-state index contributed by atoms with van der Waals surface area (Å²) < 4.78 is 8.49. The van der Waals surface area contributed by atoms with Crippen LogP contribution in [0.4, 0.5) is 0 Å². The molecule has 0 amide bonds. The van der Waals surface area contributed by atoms with Crippen molar-refractivity contribution in [1.82, 2.24) is 4.98 Å². The maximum absolute atomic E-state index is 6.31. The Morgan fingerprint density at radius 2 is 1.77 bits per heavy atom. The van der Waals surface area contributed by atoms with Crippen LogP contribution in [0.25, 0.3) is 33.3 Å². The van der Waals surface area contributed by atoms with Crippen molar-refractivity contribution in [2.24, 2.45) is 7.05 Å². The van der Waals surface area contributed by atoms with Gasteiger partial charge in [-0.1, -0.05) is 19.9 Å². The molecule has 0 atom stereocenters. The van der Waals surface area contributed by atoms with Crippen molar-refractivity contribution >= 4 is 22.1 Å². The first-order valence-electron chi connectivity index (χ1n) is 9.17. The quantitative estimate of drug-likeness (QED) is 0.448. The van der Waals surface area contributed by atoms with Crippen molar-refractivity contribution in [1.29, 1.82) is 0 Å². The van der Waals surface area contributed by atoms with E-state index < -0.39 is 0 Å². The molecule has 4 aromatic rings. The van der Waals surface area contributed by atoms with E-state index >= 15 is 0 Å². The van der Waals surface area contributed by atoms with E-state index in [1.807, 2.05) is 6.92 Å². The minimum Gasteiger partial charge on any atom is -0.437 e. The van der Waals surface area contributed by atoms with Gasteiger partial charge in [-0.2, -0.15) is 0 Å². The number of furan rings is 1. The summed E-state index contributed by atoms with van der Waals surface area (Å²) in [7, 11) is 2.09. The van der Waals surface area contributed by atoms with Crippen molar-refractivity contribution in [3.8, 4) is 11.3 Å². The molecule has 132 valence electrons. The Bertz CT molecular complexity index is 1150. The molecule has 0 unspecified atom stereocenters. The number of aryl methyl sites for hydroxylation is 4. The monoisotopic (exact) mass is 345 g/mol. The Hall–Kier alpha value is -2.68. The van der Waals surface area contributed by atoms with Gasteiger partial charge in [0.25, 0.3) is 0 Å². The van der Waals surface area contributed by atoms with Crippen molar-refractivity contribution in [2.45, 2.75) is 40.5 Å². The number of nitrogens with zero attached hydrogens (tertiary/aromatic N) is 2. The Balaban J connectivity index is 2.14. The van der Waals surface area contributed by atoms with E-state index in [2.05, 4.69) is 80.8 Å². The zero-order valence-corrected chi connectivity index (χ0v) is 16.3. The first-order valence-corrected chi connectivity index (χ1v) is 9.17. The summed E-state index contributed by atoms with van der Waals surface area (Å²) in [5, 5.41) is 2.26. The molecule has 3 aromatic heterocycles. The van der Waals surface area contributed by atoms with Gasteiger partial charge in [0.15, 0.2) is 11.8 Å². The molecule has 0 spiro atoms. The highest BCUT2D eigenvalue weighted by Crippen LogP contribution is 2.38. The third-order valence-corrected chi connectivity index (χ3v) is 5.24. The largest absolute Gasteiger partial charge is 0.437 e. The SMILES string of the molecule is Cc1ccc2c(n1)oc1c(-c3cc(C(C)C)cc[n+]3C)c(C)cc(C)c12. The minimum atomic E-state index is 0.483. The second kappa shape index (κ2) is 5.94. The zero-order valence-electron chi connectivity index (χ0n) is 16.3. The number of fused-ring (bicyclic) bond motifs is 3. The van der Waals surface area contributed by atoms with Crippen molar-refractivity contribution in [3.05, 3.63) is 58.9 Å². The van der Waals surface area contributed by atoms with Gasteiger partial charge in [0, 0.05) is 28.6 Å². The van der Waals surface area contributed by atoms with Crippen LogP contribution in [0, 0.1) is 20.8 Å². The van der Waals surface area contributed by atoms with Gasteiger partial charge in [-0.3, -0.25) is 0 Å². The lowest BCUT2D eigenvalue weighted by molar-refractivity contribution is -0.660. The average molecular weight is 345 g/mol. The Morgan fingerprint density at radius 1 is 1.00 bits per heavy atom. The number of aromatic nitrogens is 2. The molecular weight excluding hydrogens is 320 g/mol. The first kappa shape index (κ1) is 16.8. The topological polar surface area (TPSA) is 29.9 Å². The van der Waals surface area contributed by atoms with E-state index in [4.69, 9.17) is 4.42 Å². The molecule has 4 rings (SSSR count). The highest BCUT2D eigenvalue weighted by molar-refractivity contribution is 6.10. The molecule has 1 aromatic carbocycles. The standard InChI is InChI=1S/C23H25N2O/c1-13(2)17-9-10-25(6)19(12-17)21-15(4)11-14(3)20-18-8-7-16(5)24-23(18)26-22(20)21/h7-13H,1-6H3/q+1. The van der Waals surface area contributed by atoms with E-state index in [1.54, 1.807) is 0 Å². The molecular formula is C23H25N2O+. The van der Waals surface area contributed by atoms with Crippen LogP contribution in [0.2, 0.25) is 0 Å². The fourth-order valence-electron chi connectivity index (χ4n) is 3.80. The van der Waals surface area contributed by atoms with E-state index in [0.717, 1.165) is 27.9 Å². The minimum absolute atomic E-state index is 0.483. The third-order valence-electron chi connectivity index (χ3n) is 5.24. The van der Waals surface area contributed by atoms with Gasteiger partial charge in [-0.15, -0.1) is 0 Å². The van der Waals surface area contributed by atoms with Gasteiger partial charge >= 0.3 is 0 Å². The summed E-state index contributed by atoms with van der Waals surface area (Å²) in [6.07, 6.45) is 2.14. The molecule has 0 radical (unpaired) electrons. The fourth-order valence-corrected chi connectivity index (χ4v) is 3.80. The van der Waals surface area contributed by atoms with Crippen molar-refractivity contribution in [3.63, 3.8) is 0 Å². The van der Waals surface area contributed by atoms with Crippen LogP contribution in [0.1, 0.15) is 42.1 Å². The molecule has 0 aliphatic rings. The lowest BCUT2D eigenvalue weighted by Crippen LogP contribution is -2.31. The van der Waals surface area contributed by atoms with Gasteiger partial charge in [-0.05, 0) is 55.5 Å². The second-order valence-corrected chi connectivity index (χ2v) is 7.61. The lowest BCUT2D eigenvalue weighted by atomic mass is 9.95. The number of hydrogen-bond donors (Lipinski definition) is 0. The number of hydrogen-bond acceptors (Lipinski definition) is 2. The molecule has 3 heterocycles. The molecule has 0 bridgehead atoms. The van der Waals surface area contributed by atoms with Crippen LogP contribution in [-0.4, -0.2) is 4.98 Å². The molecule has 0 saturated heterocycles. The molecule has 0 saturated carbocycles. The maximum Gasteiger partial charge on any atom is 0.227 e. The highest BCUT2D eigenvalue weighted by Gasteiger charge is 2.23. The van der Waals surface area contributed by atoms with Gasteiger partial charge in [0.2, 0.25) is 11.4 Å². The normalized spacial score (nSPS) is 11.8. The van der Waals surface area contributed by atoms with Gasteiger partial charge in [-0.25, -0.2) is 9.55 Å². The van der Waals surface area contributed by atoms with Crippen LogP contribution < -0.4 is 4.57 Å². The molecule has 3 nitrogen and oxygen atoms in total. The predicted molar refractivity (Wildman–Crippen MR) is 106 cm³/mol. The fraction of sp³-hybridized carbons (Fsp3) is 0.304. The Morgan fingerprint density at radius 3 is 2.50 bits per heavy atom. The molecule has 26 heavy (non-hydrogen) atoms. The molecule has 0 N–H and O–H groups in total. The smallest absolute Gasteiger partial charge is 0.227 e. The van der Waals surface area contributed by atoms with E-state index in [1.165, 1.54) is 27.8 Å². The maximum atomic E-state index is 6.31. The summed E-state index contributed by atoms with van der Waals surface area (Å²) in [5.74, 6) is 0.483. The zero-order chi connectivity index (χ0) is 18.6. The highest BCUT2D eigenvalue weighted by atomic mass is 16.3. The second-order valence-electron chi connectivity index (χ2n) is 7.61. The number of pyridine rings is 2. The lowest BCUT2D eigenvalue weighted by Gasteiger charge is -2.10. The van der Waals surface area contributed by atoms with Gasteiger partial charge in [0.1, 0.15) is 7.05 Å².